The molecule has 1 atom stereocenters. The van der Waals surface area contributed by atoms with Crippen LogP contribution in [0.1, 0.15) is 13.3 Å². The number of nitrogens with zero attached hydrogens (tertiary/aromatic N) is 1. The third-order valence-corrected chi connectivity index (χ3v) is 4.56. The Labute approximate surface area is 108 Å². The Morgan fingerprint density at radius 2 is 1.88 bits per heavy atom. The first-order valence-corrected chi connectivity index (χ1v) is 7.30. The van der Waals surface area contributed by atoms with E-state index >= 15 is 0 Å². The number of rotatable bonds is 2. The molecule has 2 amide bonds. The minimum absolute atomic E-state index is 0.00509. The first-order chi connectivity index (χ1) is 7.93. The monoisotopic (exact) mass is 275 g/mol. The van der Waals surface area contributed by atoms with Crippen molar-refractivity contribution in [3.05, 3.63) is 9.81 Å². The molecule has 0 aromatic heterocycles. The predicted octanol–water partition coefficient (Wildman–Crippen LogP) is 1.79. The number of carbonyl (C=O) groups is 3. The average molecular weight is 275 g/mol. The molecule has 1 rings (SSSR count). The van der Waals surface area contributed by atoms with Crippen LogP contribution in [0.3, 0.4) is 0 Å². The third-order valence-electron chi connectivity index (χ3n) is 2.41. The van der Waals surface area contributed by atoms with Gasteiger partial charge in [-0.15, -0.1) is 23.5 Å². The summed E-state index contributed by atoms with van der Waals surface area (Å²) in [4.78, 5) is 35.5. The molecule has 0 radical (unpaired) electrons. The average Bonchev–Trinajstić information content (AvgIpc) is 2.22. The van der Waals surface area contributed by atoms with Crippen molar-refractivity contribution < 1.29 is 19.5 Å². The number of hydrogen-bond acceptors (Lipinski definition) is 5. The lowest BCUT2D eigenvalue weighted by Crippen LogP contribution is -2.49. The van der Waals surface area contributed by atoms with Gasteiger partial charge in [0.25, 0.3) is 5.91 Å². The standard InChI is InChI=1S/C10H13NO4S2/c1-5-4-6(12)7(9(16-2)17-3)8(13)11(5)10(14)15/h5H,4H2,1-3H3,(H,14,15). The number of imide groups is 1. The van der Waals surface area contributed by atoms with E-state index in [1.165, 1.54) is 23.5 Å². The van der Waals surface area contributed by atoms with Crippen LogP contribution in [-0.4, -0.2) is 46.3 Å². The van der Waals surface area contributed by atoms with Crippen LogP contribution in [0.25, 0.3) is 0 Å². The number of carboxylic acid groups (broad SMARTS) is 1. The molecule has 17 heavy (non-hydrogen) atoms. The minimum Gasteiger partial charge on any atom is -0.465 e. The molecule has 1 saturated heterocycles. The van der Waals surface area contributed by atoms with E-state index in [-0.39, 0.29) is 17.8 Å². The molecule has 1 aliphatic heterocycles. The molecular weight excluding hydrogens is 262 g/mol. The lowest BCUT2D eigenvalue weighted by atomic mass is 9.98. The van der Waals surface area contributed by atoms with Gasteiger partial charge in [-0.05, 0) is 19.4 Å². The summed E-state index contributed by atoms with van der Waals surface area (Å²) in [6, 6.07) is -0.596. The van der Waals surface area contributed by atoms with Gasteiger partial charge in [0.1, 0.15) is 5.57 Å². The highest BCUT2D eigenvalue weighted by Crippen LogP contribution is 2.32. The van der Waals surface area contributed by atoms with Crippen LogP contribution in [0.2, 0.25) is 0 Å². The van der Waals surface area contributed by atoms with Gasteiger partial charge in [-0.1, -0.05) is 0 Å². The number of Topliss-reactive ketones (excluding diaryl/α,β-unsaturated/α-hetero) is 1. The Morgan fingerprint density at radius 1 is 1.35 bits per heavy atom. The molecular formula is C10H13NO4S2. The van der Waals surface area contributed by atoms with Gasteiger partial charge < -0.3 is 5.11 Å². The Kier molecular flexibility index (Phi) is 4.64. The molecule has 0 bridgehead atoms. The topological polar surface area (TPSA) is 74.7 Å². The van der Waals surface area contributed by atoms with E-state index < -0.39 is 18.0 Å². The lowest BCUT2D eigenvalue weighted by Gasteiger charge is -2.30. The van der Waals surface area contributed by atoms with Gasteiger partial charge in [-0.3, -0.25) is 9.59 Å². The van der Waals surface area contributed by atoms with Crippen molar-refractivity contribution in [2.75, 3.05) is 12.5 Å². The summed E-state index contributed by atoms with van der Waals surface area (Å²) in [5.74, 6) is -0.987. The van der Waals surface area contributed by atoms with Crippen molar-refractivity contribution >= 4 is 41.3 Å². The molecule has 1 N–H and O–H groups in total. The Balaban J connectivity index is 3.24. The first-order valence-electron chi connectivity index (χ1n) is 4.86. The SMILES string of the molecule is CSC(SC)=C1C(=O)CC(C)N(C(=O)O)C1=O. The Morgan fingerprint density at radius 3 is 2.29 bits per heavy atom. The number of amides is 2. The van der Waals surface area contributed by atoms with E-state index in [1.807, 2.05) is 0 Å². The molecule has 0 saturated carbocycles. The number of piperidine rings is 1. The van der Waals surface area contributed by atoms with Crippen molar-refractivity contribution in [1.29, 1.82) is 0 Å². The third kappa shape index (κ3) is 2.66. The molecule has 1 fully saturated rings. The van der Waals surface area contributed by atoms with Gasteiger partial charge >= 0.3 is 6.09 Å². The maximum Gasteiger partial charge on any atom is 0.414 e. The summed E-state index contributed by atoms with van der Waals surface area (Å²) < 4.78 is 0.568. The van der Waals surface area contributed by atoms with Crippen LogP contribution in [-0.2, 0) is 9.59 Å². The van der Waals surface area contributed by atoms with Crippen molar-refractivity contribution in [2.45, 2.75) is 19.4 Å². The highest BCUT2D eigenvalue weighted by atomic mass is 32.2. The van der Waals surface area contributed by atoms with Gasteiger partial charge in [0.15, 0.2) is 5.78 Å². The number of hydrogen-bond donors (Lipinski definition) is 1. The number of likely N-dealkylation sites (tertiary alicyclic amines) is 1. The smallest absolute Gasteiger partial charge is 0.414 e. The lowest BCUT2D eigenvalue weighted by molar-refractivity contribution is -0.133. The van der Waals surface area contributed by atoms with E-state index in [0.717, 1.165) is 4.90 Å². The fourth-order valence-electron chi connectivity index (χ4n) is 1.67. The number of thioether (sulfide) groups is 2. The Bertz CT molecular complexity index is 399. The van der Waals surface area contributed by atoms with Crippen LogP contribution >= 0.6 is 23.5 Å². The first kappa shape index (κ1) is 14.1. The zero-order chi connectivity index (χ0) is 13.2. The zero-order valence-corrected chi connectivity index (χ0v) is 11.4. The molecule has 1 unspecified atom stereocenters. The van der Waals surface area contributed by atoms with Crippen LogP contribution in [0.5, 0.6) is 0 Å². The van der Waals surface area contributed by atoms with Gasteiger partial charge in [-0.2, -0.15) is 0 Å². The number of ketones is 1. The molecule has 94 valence electrons. The maximum atomic E-state index is 12.0. The summed E-state index contributed by atoms with van der Waals surface area (Å²) in [5, 5.41) is 8.97. The van der Waals surface area contributed by atoms with Gasteiger partial charge in [0.05, 0.1) is 4.24 Å². The normalized spacial score (nSPS) is 20.8. The summed E-state index contributed by atoms with van der Waals surface area (Å²) in [6.45, 7) is 1.55. The summed E-state index contributed by atoms with van der Waals surface area (Å²) in [7, 11) is 0. The predicted molar refractivity (Wildman–Crippen MR) is 68.0 cm³/mol. The zero-order valence-electron chi connectivity index (χ0n) is 9.72. The molecule has 1 aliphatic rings. The number of carbonyl (C=O) groups excluding carboxylic acids is 2. The van der Waals surface area contributed by atoms with Crippen molar-refractivity contribution in [2.24, 2.45) is 0 Å². The second-order valence-corrected chi connectivity index (χ2v) is 5.40. The van der Waals surface area contributed by atoms with E-state index in [0.29, 0.717) is 4.24 Å². The summed E-state index contributed by atoms with van der Waals surface area (Å²) >= 11 is 2.56. The molecule has 7 heteroatoms. The Hall–Kier alpha value is -0.950. The highest BCUT2D eigenvalue weighted by Gasteiger charge is 2.40. The van der Waals surface area contributed by atoms with Crippen LogP contribution in [0.15, 0.2) is 9.81 Å². The van der Waals surface area contributed by atoms with E-state index in [4.69, 9.17) is 5.11 Å². The largest absolute Gasteiger partial charge is 0.465 e. The molecule has 0 aromatic rings. The molecule has 1 heterocycles. The fraction of sp³-hybridized carbons (Fsp3) is 0.500. The second-order valence-electron chi connectivity index (χ2n) is 3.50. The van der Waals surface area contributed by atoms with E-state index in [1.54, 1.807) is 19.4 Å². The van der Waals surface area contributed by atoms with Crippen molar-refractivity contribution in [3.8, 4) is 0 Å². The van der Waals surface area contributed by atoms with Crippen molar-refractivity contribution in [1.82, 2.24) is 4.90 Å². The molecule has 5 nitrogen and oxygen atoms in total. The summed E-state index contributed by atoms with van der Waals surface area (Å²) in [6.07, 6.45) is 2.25. The molecule has 0 spiro atoms. The minimum atomic E-state index is -1.31. The van der Waals surface area contributed by atoms with E-state index in [9.17, 15) is 14.4 Å². The van der Waals surface area contributed by atoms with Crippen LogP contribution in [0.4, 0.5) is 4.79 Å². The van der Waals surface area contributed by atoms with E-state index in [2.05, 4.69) is 0 Å². The highest BCUT2D eigenvalue weighted by molar-refractivity contribution is 8.21. The second kappa shape index (κ2) is 5.59. The maximum absolute atomic E-state index is 12.0. The van der Waals surface area contributed by atoms with Crippen molar-refractivity contribution in [3.63, 3.8) is 0 Å². The van der Waals surface area contributed by atoms with Gasteiger partial charge in [0, 0.05) is 12.5 Å². The molecule has 0 aliphatic carbocycles. The molecule has 0 aromatic carbocycles. The fourth-order valence-corrected chi connectivity index (χ4v) is 3.14. The van der Waals surface area contributed by atoms with Crippen LogP contribution in [0, 0.1) is 0 Å². The van der Waals surface area contributed by atoms with Gasteiger partial charge in [0.2, 0.25) is 0 Å². The quantitative estimate of drug-likeness (QED) is 0.612. The van der Waals surface area contributed by atoms with Gasteiger partial charge in [-0.25, -0.2) is 9.69 Å². The summed E-state index contributed by atoms with van der Waals surface area (Å²) in [5.41, 5.74) is 0.00509. The van der Waals surface area contributed by atoms with Crippen LogP contribution < -0.4 is 0 Å².